The van der Waals surface area contributed by atoms with E-state index < -0.39 is 6.04 Å². The normalized spacial score (nSPS) is 18.4. The van der Waals surface area contributed by atoms with E-state index >= 15 is 0 Å². The highest BCUT2D eigenvalue weighted by Gasteiger charge is 2.29. The van der Waals surface area contributed by atoms with Crippen LogP contribution in [0.3, 0.4) is 0 Å². The molecule has 2 aliphatic rings. The first-order valence-corrected chi connectivity index (χ1v) is 17.2. The summed E-state index contributed by atoms with van der Waals surface area (Å²) in [5.41, 5.74) is 11.6. The van der Waals surface area contributed by atoms with E-state index in [1.54, 1.807) is 24.3 Å². The first kappa shape index (κ1) is 36.6. The second-order valence-electron chi connectivity index (χ2n) is 13.2. The summed E-state index contributed by atoms with van der Waals surface area (Å²) < 4.78 is 0. The number of nitrogens with one attached hydrogen (secondary N) is 5. The van der Waals surface area contributed by atoms with Gasteiger partial charge in [-0.3, -0.25) is 14.4 Å². The van der Waals surface area contributed by atoms with Crippen LogP contribution in [0.1, 0.15) is 60.0 Å². The highest BCUT2D eigenvalue weighted by Crippen LogP contribution is 2.29. The van der Waals surface area contributed by atoms with Crippen molar-refractivity contribution in [2.45, 2.75) is 64.0 Å². The number of nitrogens with two attached hydrogens (primary N) is 1. The molecular weight excluding hydrogens is 654 g/mol. The van der Waals surface area contributed by atoms with Crippen molar-refractivity contribution < 1.29 is 14.4 Å². The van der Waals surface area contributed by atoms with Crippen molar-refractivity contribution in [3.8, 4) is 22.5 Å². The lowest BCUT2D eigenvalue weighted by atomic mass is 9.81. The Morgan fingerprint density at radius 2 is 1.68 bits per heavy atom. The van der Waals surface area contributed by atoms with Crippen LogP contribution in [-0.2, 0) is 16.0 Å². The maximum atomic E-state index is 13.8. The number of aromatic nitrogens is 4. The number of rotatable bonds is 11. The van der Waals surface area contributed by atoms with Gasteiger partial charge in [0.25, 0.3) is 5.91 Å². The monoisotopic (exact) mass is 699 g/mol. The second-order valence-corrected chi connectivity index (χ2v) is 13.2. The molecule has 6 rings (SSSR count). The number of aromatic amines is 1. The lowest BCUT2D eigenvalue weighted by Crippen LogP contribution is -2.48. The summed E-state index contributed by atoms with van der Waals surface area (Å²) in [5, 5.41) is 26.6. The Morgan fingerprint density at radius 1 is 0.920 bits per heavy atom. The van der Waals surface area contributed by atoms with Crippen LogP contribution in [0.4, 0.5) is 5.69 Å². The number of carbonyl (C=O) groups excluding carboxylic acids is 3. The van der Waals surface area contributed by atoms with Gasteiger partial charge in [-0.25, -0.2) is 0 Å². The Kier molecular flexibility index (Phi) is 12.7. The number of tetrazole rings is 1. The van der Waals surface area contributed by atoms with Crippen molar-refractivity contribution in [1.82, 2.24) is 36.6 Å². The molecule has 3 amide bonds. The van der Waals surface area contributed by atoms with Crippen molar-refractivity contribution in [2.24, 2.45) is 17.6 Å². The lowest BCUT2D eigenvalue weighted by molar-refractivity contribution is -0.130. The molecule has 1 saturated heterocycles. The molecule has 1 aliphatic carbocycles. The third-order valence-corrected chi connectivity index (χ3v) is 9.79. The maximum Gasteiger partial charge on any atom is 0.251 e. The van der Waals surface area contributed by atoms with E-state index in [0.29, 0.717) is 36.0 Å². The van der Waals surface area contributed by atoms with Gasteiger partial charge in [0, 0.05) is 35.2 Å². The molecule has 1 atom stereocenters. The smallest absolute Gasteiger partial charge is 0.251 e. The first-order valence-electron chi connectivity index (χ1n) is 17.2. The van der Waals surface area contributed by atoms with Crippen molar-refractivity contribution in [1.29, 1.82) is 0 Å². The topological polar surface area (TPSA) is 180 Å². The lowest BCUT2D eigenvalue weighted by Gasteiger charge is -2.28. The van der Waals surface area contributed by atoms with E-state index in [4.69, 9.17) is 5.73 Å². The molecule has 0 spiro atoms. The number of aryl methyl sites for hydroxylation is 1. The quantitative estimate of drug-likeness (QED) is 0.135. The van der Waals surface area contributed by atoms with Gasteiger partial charge in [0.2, 0.25) is 17.6 Å². The predicted molar refractivity (Wildman–Crippen MR) is 196 cm³/mol. The minimum absolute atomic E-state index is 0. The molecule has 0 unspecified atom stereocenters. The summed E-state index contributed by atoms with van der Waals surface area (Å²) in [4.78, 5) is 40.5. The number of amides is 3. The van der Waals surface area contributed by atoms with Gasteiger partial charge in [0.05, 0.1) is 0 Å². The zero-order chi connectivity index (χ0) is 34.2. The van der Waals surface area contributed by atoms with E-state index in [1.807, 2.05) is 49.4 Å². The Balaban J connectivity index is 0.00000486. The van der Waals surface area contributed by atoms with Gasteiger partial charge in [-0.2, -0.15) is 5.21 Å². The fraction of sp³-hybridized carbons (Fsp3) is 0.405. The van der Waals surface area contributed by atoms with Crippen LogP contribution in [0, 0.1) is 18.8 Å². The Hall–Kier alpha value is -4.65. The molecular formula is C37H46ClN9O3. The molecule has 1 aliphatic heterocycles. The van der Waals surface area contributed by atoms with Gasteiger partial charge in [-0.05, 0) is 135 Å². The number of piperidine rings is 1. The number of anilines is 1. The molecule has 0 bridgehead atoms. The van der Waals surface area contributed by atoms with Crippen molar-refractivity contribution in [3.05, 3.63) is 83.4 Å². The van der Waals surface area contributed by atoms with Gasteiger partial charge in [0.15, 0.2) is 0 Å². The Morgan fingerprint density at radius 3 is 2.38 bits per heavy atom. The minimum Gasteiger partial charge on any atom is -0.349 e. The van der Waals surface area contributed by atoms with E-state index in [9.17, 15) is 14.4 Å². The SMILES string of the molecule is Cc1ccc(C(=O)NC2CCNCC2)cc1-c1cccc(C[C@H](NC(=O)C2CCC(CN)CC2)C(=O)Nc2ccc(-c3nn[nH]n3)cc2)c1.Cl. The minimum atomic E-state index is -0.810. The van der Waals surface area contributed by atoms with Gasteiger partial charge in [-0.15, -0.1) is 22.6 Å². The molecule has 50 heavy (non-hydrogen) atoms. The molecule has 1 aromatic heterocycles. The highest BCUT2D eigenvalue weighted by atomic mass is 35.5. The van der Waals surface area contributed by atoms with Crippen LogP contribution in [0.25, 0.3) is 22.5 Å². The molecule has 1 saturated carbocycles. The predicted octanol–water partition coefficient (Wildman–Crippen LogP) is 4.18. The number of nitrogens with zero attached hydrogens (tertiary/aromatic N) is 3. The summed E-state index contributed by atoms with van der Waals surface area (Å²) in [7, 11) is 0. The van der Waals surface area contributed by atoms with Crippen LogP contribution in [0.15, 0.2) is 66.7 Å². The summed E-state index contributed by atoms with van der Waals surface area (Å²) in [6.45, 7) is 4.46. The summed E-state index contributed by atoms with van der Waals surface area (Å²) in [6, 6.07) is 20.2. The Labute approximate surface area is 298 Å². The summed E-state index contributed by atoms with van der Waals surface area (Å²) in [5.74, 6) is 0.251. The standard InChI is InChI=1S/C37H45N9O3.ClH/c1-23-5-8-29(36(48)40-31-15-17-39-18-16-31)21-32(23)28-4-2-3-25(19-28)20-33(42-35(47)27-9-6-24(22-38)7-10-27)37(49)41-30-13-11-26(12-14-30)34-43-45-46-44-34;/h2-5,8,11-14,19,21,24,27,31,33,39H,6-7,9-10,15-18,20,22,38H2,1H3,(H,40,48)(H,41,49)(H,42,47)(H,43,44,45,46);1H/t24?,27?,33-;/m0./s1. The molecule has 264 valence electrons. The molecule has 0 radical (unpaired) electrons. The fourth-order valence-corrected chi connectivity index (χ4v) is 6.79. The number of H-pyrrole nitrogens is 1. The van der Waals surface area contributed by atoms with E-state index in [-0.39, 0.29) is 42.1 Å². The zero-order valence-corrected chi connectivity index (χ0v) is 29.1. The zero-order valence-electron chi connectivity index (χ0n) is 28.3. The largest absolute Gasteiger partial charge is 0.349 e. The maximum absolute atomic E-state index is 13.8. The number of carbonyl (C=O) groups is 3. The molecule has 12 nitrogen and oxygen atoms in total. The van der Waals surface area contributed by atoms with Crippen molar-refractivity contribution >= 4 is 35.8 Å². The fourth-order valence-electron chi connectivity index (χ4n) is 6.79. The molecule has 3 aromatic carbocycles. The van der Waals surface area contributed by atoms with Crippen LogP contribution in [-0.4, -0.2) is 70.1 Å². The van der Waals surface area contributed by atoms with Gasteiger partial charge < -0.3 is 27.0 Å². The van der Waals surface area contributed by atoms with Gasteiger partial charge in [0.1, 0.15) is 6.04 Å². The molecule has 2 heterocycles. The van der Waals surface area contributed by atoms with Crippen LogP contribution >= 0.6 is 12.4 Å². The third kappa shape index (κ3) is 9.32. The molecule has 13 heteroatoms. The van der Waals surface area contributed by atoms with E-state index in [1.165, 1.54) is 0 Å². The number of halogens is 1. The average Bonchev–Trinajstić information content (AvgIpc) is 3.68. The summed E-state index contributed by atoms with van der Waals surface area (Å²) in [6.07, 6.45) is 5.46. The molecule has 4 aromatic rings. The van der Waals surface area contributed by atoms with Crippen molar-refractivity contribution in [3.63, 3.8) is 0 Å². The average molecular weight is 700 g/mol. The van der Waals surface area contributed by atoms with Crippen LogP contribution in [0.2, 0.25) is 0 Å². The Bertz CT molecular complexity index is 1740. The van der Waals surface area contributed by atoms with Crippen LogP contribution < -0.4 is 27.0 Å². The van der Waals surface area contributed by atoms with Gasteiger partial charge >= 0.3 is 0 Å². The van der Waals surface area contributed by atoms with Crippen molar-refractivity contribution in [2.75, 3.05) is 25.0 Å². The second kappa shape index (κ2) is 17.3. The number of hydrogen-bond acceptors (Lipinski definition) is 8. The molecule has 7 N–H and O–H groups in total. The highest BCUT2D eigenvalue weighted by molar-refractivity contribution is 5.98. The summed E-state index contributed by atoms with van der Waals surface area (Å²) >= 11 is 0. The number of hydrogen-bond donors (Lipinski definition) is 6. The van der Waals surface area contributed by atoms with Gasteiger partial charge in [-0.1, -0.05) is 30.3 Å². The number of benzene rings is 3. The first-order chi connectivity index (χ1) is 23.9. The third-order valence-electron chi connectivity index (χ3n) is 9.79. The van der Waals surface area contributed by atoms with E-state index in [0.717, 1.165) is 79.4 Å². The van der Waals surface area contributed by atoms with E-state index in [2.05, 4.69) is 41.9 Å². The van der Waals surface area contributed by atoms with Crippen LogP contribution in [0.5, 0.6) is 0 Å². The molecule has 2 fully saturated rings.